The lowest BCUT2D eigenvalue weighted by atomic mass is 10.1. The fourth-order valence-corrected chi connectivity index (χ4v) is 4.36. The lowest BCUT2D eigenvalue weighted by Crippen LogP contribution is -2.39. The number of urea groups is 1. The van der Waals surface area contributed by atoms with E-state index in [4.69, 9.17) is 9.47 Å². The van der Waals surface area contributed by atoms with E-state index >= 15 is 0 Å². The molecular weight excluding hydrogens is 511 g/mol. The molecule has 0 radical (unpaired) electrons. The van der Waals surface area contributed by atoms with E-state index in [0.29, 0.717) is 38.3 Å². The fourth-order valence-electron chi connectivity index (χ4n) is 4.36. The molecule has 214 valence electrons. The number of hydrogen-bond donors (Lipinski definition) is 2. The van der Waals surface area contributed by atoms with Crippen LogP contribution in [-0.2, 0) is 22.4 Å². The predicted octanol–water partition coefficient (Wildman–Crippen LogP) is 6.33. The molecule has 8 heteroatoms. The summed E-state index contributed by atoms with van der Waals surface area (Å²) in [6.45, 7) is 9.28. The number of aliphatic carboxylic acids is 1. The first-order valence-corrected chi connectivity index (χ1v) is 13.6. The Bertz CT molecular complexity index is 1260. The van der Waals surface area contributed by atoms with Crippen molar-refractivity contribution in [2.24, 2.45) is 0 Å². The molecule has 3 aromatic carbocycles. The SMILES string of the molecule is CCOC(Cc1ccc(OCCN(CCCc2ccc(F)cc2)C(=O)Nc2cc(C)c(C)cc2C)cc1)C(=O)O. The van der Waals surface area contributed by atoms with Crippen LogP contribution in [0.5, 0.6) is 5.75 Å². The van der Waals surface area contributed by atoms with Gasteiger partial charge in [0.1, 0.15) is 18.2 Å². The number of hydrogen-bond acceptors (Lipinski definition) is 4. The number of amides is 2. The summed E-state index contributed by atoms with van der Waals surface area (Å²) in [4.78, 5) is 26.4. The van der Waals surface area contributed by atoms with Gasteiger partial charge < -0.3 is 24.8 Å². The van der Waals surface area contributed by atoms with E-state index in [-0.39, 0.29) is 24.9 Å². The van der Waals surface area contributed by atoms with Gasteiger partial charge in [0, 0.05) is 25.3 Å². The number of carboxylic acid groups (broad SMARTS) is 1. The molecule has 3 rings (SSSR count). The van der Waals surface area contributed by atoms with Crippen molar-refractivity contribution in [3.63, 3.8) is 0 Å². The molecule has 0 aliphatic heterocycles. The van der Waals surface area contributed by atoms with Crippen LogP contribution in [0.15, 0.2) is 60.7 Å². The molecule has 0 aliphatic rings. The molecule has 0 bridgehead atoms. The van der Waals surface area contributed by atoms with Gasteiger partial charge in [-0.15, -0.1) is 0 Å². The summed E-state index contributed by atoms with van der Waals surface area (Å²) in [5, 5.41) is 12.4. The average Bonchev–Trinajstić information content (AvgIpc) is 2.92. The van der Waals surface area contributed by atoms with Crippen molar-refractivity contribution >= 4 is 17.7 Å². The van der Waals surface area contributed by atoms with Crippen molar-refractivity contribution in [3.05, 3.63) is 94.3 Å². The van der Waals surface area contributed by atoms with Gasteiger partial charge in [-0.25, -0.2) is 14.0 Å². The number of nitrogens with one attached hydrogen (secondary N) is 1. The average molecular weight is 551 g/mol. The largest absolute Gasteiger partial charge is 0.492 e. The van der Waals surface area contributed by atoms with E-state index < -0.39 is 12.1 Å². The minimum atomic E-state index is -0.990. The highest BCUT2D eigenvalue weighted by molar-refractivity contribution is 5.90. The molecule has 0 aromatic heterocycles. The second-order valence-electron chi connectivity index (χ2n) is 9.88. The number of rotatable bonds is 14. The van der Waals surface area contributed by atoms with Gasteiger partial charge in [-0.05, 0) is 98.7 Å². The maximum absolute atomic E-state index is 13.3. The van der Waals surface area contributed by atoms with Crippen LogP contribution in [0.3, 0.4) is 0 Å². The number of carbonyl (C=O) groups is 2. The van der Waals surface area contributed by atoms with Crippen LogP contribution in [0.1, 0.15) is 41.2 Å². The van der Waals surface area contributed by atoms with Crippen molar-refractivity contribution in [2.75, 3.05) is 31.6 Å². The van der Waals surface area contributed by atoms with Gasteiger partial charge in [-0.2, -0.15) is 0 Å². The summed E-state index contributed by atoms with van der Waals surface area (Å²) in [5.74, 6) is -0.630. The van der Waals surface area contributed by atoms with Crippen molar-refractivity contribution in [3.8, 4) is 5.75 Å². The Balaban J connectivity index is 1.61. The Morgan fingerprint density at radius 3 is 2.23 bits per heavy atom. The van der Waals surface area contributed by atoms with Gasteiger partial charge in [-0.3, -0.25) is 0 Å². The molecule has 0 aliphatic carbocycles. The molecule has 2 N–H and O–H groups in total. The first-order chi connectivity index (χ1) is 19.2. The summed E-state index contributed by atoms with van der Waals surface area (Å²) in [7, 11) is 0. The number of aryl methyl sites for hydroxylation is 4. The molecule has 0 saturated heterocycles. The van der Waals surface area contributed by atoms with Crippen LogP contribution in [0.25, 0.3) is 0 Å². The summed E-state index contributed by atoms with van der Waals surface area (Å²) in [6, 6.07) is 17.5. The van der Waals surface area contributed by atoms with E-state index in [2.05, 4.69) is 11.4 Å². The maximum Gasteiger partial charge on any atom is 0.333 e. The third-order valence-electron chi connectivity index (χ3n) is 6.79. The zero-order valence-corrected chi connectivity index (χ0v) is 23.7. The summed E-state index contributed by atoms with van der Waals surface area (Å²) >= 11 is 0. The molecule has 1 atom stereocenters. The topological polar surface area (TPSA) is 88.1 Å². The zero-order chi connectivity index (χ0) is 29.1. The number of nitrogens with zero attached hydrogens (tertiary/aromatic N) is 1. The second-order valence-corrected chi connectivity index (χ2v) is 9.88. The number of ether oxygens (including phenoxy) is 2. The zero-order valence-electron chi connectivity index (χ0n) is 23.7. The Morgan fingerprint density at radius 2 is 1.57 bits per heavy atom. The quantitative estimate of drug-likeness (QED) is 0.245. The number of halogens is 1. The van der Waals surface area contributed by atoms with Crippen LogP contribution in [0.4, 0.5) is 14.9 Å². The van der Waals surface area contributed by atoms with Crippen LogP contribution >= 0.6 is 0 Å². The first kappa shape index (κ1) is 30.6. The first-order valence-electron chi connectivity index (χ1n) is 13.6. The Morgan fingerprint density at radius 1 is 0.925 bits per heavy atom. The lowest BCUT2D eigenvalue weighted by Gasteiger charge is -2.24. The monoisotopic (exact) mass is 550 g/mol. The molecule has 3 aromatic rings. The van der Waals surface area contributed by atoms with Crippen LogP contribution < -0.4 is 10.1 Å². The van der Waals surface area contributed by atoms with Crippen LogP contribution in [-0.4, -0.2) is 54.4 Å². The number of carbonyl (C=O) groups excluding carboxylic acids is 1. The van der Waals surface area contributed by atoms with Gasteiger partial charge >= 0.3 is 12.0 Å². The number of carboxylic acids is 1. The Hall–Kier alpha value is -3.91. The highest BCUT2D eigenvalue weighted by atomic mass is 19.1. The number of benzene rings is 3. The van der Waals surface area contributed by atoms with E-state index in [0.717, 1.165) is 27.9 Å². The summed E-state index contributed by atoms with van der Waals surface area (Å²) in [6.07, 6.45) is 0.807. The van der Waals surface area contributed by atoms with Gasteiger partial charge in [0.15, 0.2) is 6.10 Å². The molecule has 0 saturated carbocycles. The molecule has 0 heterocycles. The van der Waals surface area contributed by atoms with Gasteiger partial charge in [0.25, 0.3) is 0 Å². The van der Waals surface area contributed by atoms with Crippen molar-refractivity contribution < 1.29 is 28.6 Å². The molecule has 0 spiro atoms. The van der Waals surface area contributed by atoms with Gasteiger partial charge in [0.2, 0.25) is 0 Å². The lowest BCUT2D eigenvalue weighted by molar-refractivity contribution is -0.149. The van der Waals surface area contributed by atoms with E-state index in [1.807, 2.05) is 39.0 Å². The molecule has 7 nitrogen and oxygen atoms in total. The van der Waals surface area contributed by atoms with Gasteiger partial charge in [-0.1, -0.05) is 30.3 Å². The van der Waals surface area contributed by atoms with Gasteiger partial charge in [0.05, 0.1) is 6.54 Å². The molecular formula is C32H39FN2O5. The van der Waals surface area contributed by atoms with Crippen molar-refractivity contribution in [1.29, 1.82) is 0 Å². The highest BCUT2D eigenvalue weighted by Crippen LogP contribution is 2.21. The third kappa shape index (κ3) is 9.38. The highest BCUT2D eigenvalue weighted by Gasteiger charge is 2.18. The normalized spacial score (nSPS) is 11.6. The van der Waals surface area contributed by atoms with E-state index in [1.54, 1.807) is 36.1 Å². The maximum atomic E-state index is 13.3. The standard InChI is InChI=1S/C32H39FN2O5/c1-5-39-30(31(36)37)21-26-10-14-28(15-11-26)40-18-17-35(16-6-7-25-8-12-27(33)13-9-25)32(38)34-29-20-23(3)22(2)19-24(29)4/h8-15,19-20,30H,5-7,16-18,21H2,1-4H3,(H,34,38)(H,36,37). The molecule has 1 unspecified atom stereocenters. The summed E-state index contributed by atoms with van der Waals surface area (Å²) < 4.78 is 24.5. The van der Waals surface area contributed by atoms with E-state index in [1.165, 1.54) is 17.7 Å². The molecule has 40 heavy (non-hydrogen) atoms. The van der Waals surface area contributed by atoms with Crippen molar-refractivity contribution in [2.45, 2.75) is 53.1 Å². The minimum absolute atomic E-state index is 0.208. The van der Waals surface area contributed by atoms with Crippen molar-refractivity contribution in [1.82, 2.24) is 4.90 Å². The van der Waals surface area contributed by atoms with E-state index in [9.17, 15) is 19.1 Å². The van der Waals surface area contributed by atoms with Crippen LogP contribution in [0.2, 0.25) is 0 Å². The fraction of sp³-hybridized carbons (Fsp3) is 0.375. The smallest absolute Gasteiger partial charge is 0.333 e. The molecule has 2 amide bonds. The Labute approximate surface area is 235 Å². The third-order valence-corrected chi connectivity index (χ3v) is 6.79. The second kappa shape index (κ2) is 15.0. The minimum Gasteiger partial charge on any atom is -0.492 e. The summed E-state index contributed by atoms with van der Waals surface area (Å²) in [5.41, 5.74) is 5.89. The Kier molecular flexibility index (Phi) is 11.5. The molecule has 0 fully saturated rings. The number of anilines is 1. The predicted molar refractivity (Wildman–Crippen MR) is 155 cm³/mol. The van der Waals surface area contributed by atoms with Crippen LogP contribution in [0, 0.1) is 26.6 Å².